The van der Waals surface area contributed by atoms with Crippen molar-refractivity contribution in [2.24, 2.45) is 5.41 Å². The van der Waals surface area contributed by atoms with Gasteiger partial charge in [-0.3, -0.25) is 0 Å². The molecular formula is C8H16O2. The second kappa shape index (κ2) is 2.89. The maximum atomic E-state index is 9.38. The number of aliphatic hydroxyl groups excluding tert-OH is 1. The van der Waals surface area contributed by atoms with Gasteiger partial charge in [0.2, 0.25) is 0 Å². The Morgan fingerprint density at radius 1 is 1.40 bits per heavy atom. The Balaban J connectivity index is 2.48. The molecule has 1 atom stereocenters. The van der Waals surface area contributed by atoms with Crippen molar-refractivity contribution in [3.8, 4) is 0 Å². The normalized spacial score (nSPS) is 27.9. The molecule has 2 nitrogen and oxygen atoms in total. The van der Waals surface area contributed by atoms with Crippen LogP contribution in [0.3, 0.4) is 0 Å². The highest BCUT2D eigenvalue weighted by Gasteiger charge is 2.31. The van der Waals surface area contributed by atoms with E-state index in [0.29, 0.717) is 0 Å². The fourth-order valence-electron chi connectivity index (χ4n) is 1.26. The minimum atomic E-state index is -0.198. The van der Waals surface area contributed by atoms with Crippen LogP contribution >= 0.6 is 0 Å². The van der Waals surface area contributed by atoms with Crippen molar-refractivity contribution in [2.45, 2.75) is 32.8 Å². The Bertz CT molecular complexity index is 104. The van der Waals surface area contributed by atoms with Gasteiger partial charge in [0.05, 0.1) is 6.10 Å². The summed E-state index contributed by atoms with van der Waals surface area (Å²) < 4.78 is 5.20. The average Bonchev–Trinajstić information content (AvgIpc) is 1.89. The molecule has 60 valence electrons. The first-order chi connectivity index (χ1) is 4.65. The van der Waals surface area contributed by atoms with E-state index in [0.717, 1.165) is 26.1 Å². The zero-order chi connectivity index (χ0) is 7.61. The Morgan fingerprint density at radius 2 is 1.90 bits per heavy atom. The van der Waals surface area contributed by atoms with Crippen molar-refractivity contribution in [3.63, 3.8) is 0 Å². The minimum absolute atomic E-state index is 0.109. The van der Waals surface area contributed by atoms with Gasteiger partial charge in [-0.1, -0.05) is 6.92 Å². The predicted molar refractivity (Wildman–Crippen MR) is 39.8 cm³/mol. The summed E-state index contributed by atoms with van der Waals surface area (Å²) in [5.41, 5.74) is 0.109. The van der Waals surface area contributed by atoms with Gasteiger partial charge in [0, 0.05) is 13.2 Å². The van der Waals surface area contributed by atoms with Crippen molar-refractivity contribution >= 4 is 0 Å². The third kappa shape index (κ3) is 1.50. The van der Waals surface area contributed by atoms with Gasteiger partial charge < -0.3 is 9.84 Å². The van der Waals surface area contributed by atoms with Gasteiger partial charge in [0.15, 0.2) is 0 Å². The molecule has 0 radical (unpaired) electrons. The van der Waals surface area contributed by atoms with Gasteiger partial charge >= 0.3 is 0 Å². The second-order valence-electron chi connectivity index (χ2n) is 3.44. The number of rotatable bonds is 1. The van der Waals surface area contributed by atoms with Crippen LogP contribution in [0.1, 0.15) is 26.7 Å². The highest BCUT2D eigenvalue weighted by molar-refractivity contribution is 4.81. The van der Waals surface area contributed by atoms with E-state index >= 15 is 0 Å². The number of ether oxygens (including phenoxy) is 1. The Kier molecular flexibility index (Phi) is 2.32. The molecule has 0 aromatic carbocycles. The van der Waals surface area contributed by atoms with E-state index in [9.17, 15) is 5.11 Å². The molecule has 10 heavy (non-hydrogen) atoms. The van der Waals surface area contributed by atoms with Crippen molar-refractivity contribution in [1.29, 1.82) is 0 Å². The van der Waals surface area contributed by atoms with Crippen LogP contribution < -0.4 is 0 Å². The van der Waals surface area contributed by atoms with Gasteiger partial charge in [-0.25, -0.2) is 0 Å². The minimum Gasteiger partial charge on any atom is -0.393 e. The van der Waals surface area contributed by atoms with Crippen LogP contribution in [-0.4, -0.2) is 24.4 Å². The van der Waals surface area contributed by atoms with Crippen LogP contribution in [0.5, 0.6) is 0 Å². The summed E-state index contributed by atoms with van der Waals surface area (Å²) in [7, 11) is 0. The third-order valence-electron chi connectivity index (χ3n) is 2.64. The van der Waals surface area contributed by atoms with E-state index in [1.54, 1.807) is 0 Å². The molecule has 1 fully saturated rings. The Morgan fingerprint density at radius 3 is 2.20 bits per heavy atom. The first kappa shape index (κ1) is 8.02. The fourth-order valence-corrected chi connectivity index (χ4v) is 1.26. The van der Waals surface area contributed by atoms with Gasteiger partial charge in [0.25, 0.3) is 0 Å². The number of aliphatic hydroxyl groups is 1. The zero-order valence-electron chi connectivity index (χ0n) is 6.76. The van der Waals surface area contributed by atoms with Gasteiger partial charge in [-0.2, -0.15) is 0 Å². The van der Waals surface area contributed by atoms with Gasteiger partial charge in [-0.15, -0.1) is 0 Å². The van der Waals surface area contributed by atoms with E-state index in [1.807, 2.05) is 6.92 Å². The molecule has 2 heteroatoms. The lowest BCUT2D eigenvalue weighted by Gasteiger charge is -2.35. The molecule has 0 aromatic rings. The SMILES string of the molecule is C[C@@H](O)C1(C)CCOCC1. The standard InChI is InChI=1S/C8H16O2/c1-7(9)8(2)3-5-10-6-4-8/h7,9H,3-6H2,1-2H3/t7-/m1/s1. The Hall–Kier alpha value is -0.0800. The van der Waals surface area contributed by atoms with Crippen LogP contribution in [0.15, 0.2) is 0 Å². The van der Waals surface area contributed by atoms with Gasteiger partial charge in [0.1, 0.15) is 0 Å². The van der Waals surface area contributed by atoms with E-state index in [4.69, 9.17) is 4.74 Å². The van der Waals surface area contributed by atoms with E-state index in [2.05, 4.69) is 6.92 Å². The summed E-state index contributed by atoms with van der Waals surface area (Å²) in [6.45, 7) is 5.61. The van der Waals surface area contributed by atoms with Crippen molar-refractivity contribution < 1.29 is 9.84 Å². The largest absolute Gasteiger partial charge is 0.393 e. The maximum Gasteiger partial charge on any atom is 0.0567 e. The quantitative estimate of drug-likeness (QED) is 0.599. The molecule has 1 N–H and O–H groups in total. The Labute approximate surface area is 62.2 Å². The molecule has 1 aliphatic rings. The average molecular weight is 144 g/mol. The summed E-state index contributed by atoms with van der Waals surface area (Å²) in [4.78, 5) is 0. The monoisotopic (exact) mass is 144 g/mol. The summed E-state index contributed by atoms with van der Waals surface area (Å²) >= 11 is 0. The lowest BCUT2D eigenvalue weighted by atomic mass is 9.78. The lowest BCUT2D eigenvalue weighted by molar-refractivity contribution is -0.0431. The zero-order valence-corrected chi connectivity index (χ0v) is 6.76. The molecule has 1 aliphatic heterocycles. The first-order valence-corrected chi connectivity index (χ1v) is 3.91. The second-order valence-corrected chi connectivity index (χ2v) is 3.44. The number of hydrogen-bond donors (Lipinski definition) is 1. The summed E-state index contributed by atoms with van der Waals surface area (Å²) in [6.07, 6.45) is 1.78. The lowest BCUT2D eigenvalue weighted by Crippen LogP contribution is -2.35. The fraction of sp³-hybridized carbons (Fsp3) is 1.00. The molecular weight excluding hydrogens is 128 g/mol. The van der Waals surface area contributed by atoms with Crippen LogP contribution in [-0.2, 0) is 4.74 Å². The predicted octanol–water partition coefficient (Wildman–Crippen LogP) is 1.18. The third-order valence-corrected chi connectivity index (χ3v) is 2.64. The topological polar surface area (TPSA) is 29.5 Å². The maximum absolute atomic E-state index is 9.38. The highest BCUT2D eigenvalue weighted by atomic mass is 16.5. The van der Waals surface area contributed by atoms with Crippen LogP contribution in [0, 0.1) is 5.41 Å². The van der Waals surface area contributed by atoms with Crippen molar-refractivity contribution in [2.75, 3.05) is 13.2 Å². The molecule has 0 unspecified atom stereocenters. The summed E-state index contributed by atoms with van der Waals surface area (Å²) in [5.74, 6) is 0. The molecule has 0 aliphatic carbocycles. The molecule has 0 amide bonds. The molecule has 1 saturated heterocycles. The van der Waals surface area contributed by atoms with E-state index < -0.39 is 0 Å². The van der Waals surface area contributed by atoms with E-state index in [-0.39, 0.29) is 11.5 Å². The highest BCUT2D eigenvalue weighted by Crippen LogP contribution is 2.32. The van der Waals surface area contributed by atoms with Crippen molar-refractivity contribution in [3.05, 3.63) is 0 Å². The molecule has 1 rings (SSSR count). The molecule has 0 spiro atoms. The number of hydrogen-bond acceptors (Lipinski definition) is 2. The first-order valence-electron chi connectivity index (χ1n) is 3.91. The summed E-state index contributed by atoms with van der Waals surface area (Å²) in [6, 6.07) is 0. The summed E-state index contributed by atoms with van der Waals surface area (Å²) in [5, 5.41) is 9.38. The molecule has 1 heterocycles. The van der Waals surface area contributed by atoms with Crippen LogP contribution in [0.4, 0.5) is 0 Å². The van der Waals surface area contributed by atoms with Gasteiger partial charge in [-0.05, 0) is 25.2 Å². The van der Waals surface area contributed by atoms with E-state index in [1.165, 1.54) is 0 Å². The molecule has 0 aromatic heterocycles. The van der Waals surface area contributed by atoms with Crippen LogP contribution in [0.2, 0.25) is 0 Å². The molecule has 0 saturated carbocycles. The smallest absolute Gasteiger partial charge is 0.0567 e. The van der Waals surface area contributed by atoms with Crippen molar-refractivity contribution in [1.82, 2.24) is 0 Å². The molecule has 0 bridgehead atoms. The van der Waals surface area contributed by atoms with Crippen LogP contribution in [0.25, 0.3) is 0 Å².